The lowest BCUT2D eigenvalue weighted by Gasteiger charge is -2.17. The summed E-state index contributed by atoms with van der Waals surface area (Å²) in [6.45, 7) is 6.02. The molecule has 0 unspecified atom stereocenters. The SMILES string of the molecule is CCCN(C=CC(=O)O)CCC. The van der Waals surface area contributed by atoms with Crippen molar-refractivity contribution in [3.8, 4) is 0 Å². The molecule has 70 valence electrons. The summed E-state index contributed by atoms with van der Waals surface area (Å²) in [6.07, 6.45) is 4.93. The Hall–Kier alpha value is -0.990. The molecule has 3 heteroatoms. The van der Waals surface area contributed by atoms with Gasteiger partial charge in [-0.3, -0.25) is 0 Å². The molecule has 3 nitrogen and oxygen atoms in total. The molecule has 0 heterocycles. The van der Waals surface area contributed by atoms with Crippen LogP contribution in [0.25, 0.3) is 0 Å². The van der Waals surface area contributed by atoms with Crippen LogP contribution < -0.4 is 0 Å². The normalized spacial score (nSPS) is 10.5. The van der Waals surface area contributed by atoms with Crippen molar-refractivity contribution in [2.24, 2.45) is 0 Å². The fourth-order valence-electron chi connectivity index (χ4n) is 1.00. The van der Waals surface area contributed by atoms with Crippen LogP contribution in [0.3, 0.4) is 0 Å². The average Bonchev–Trinajstić information content (AvgIpc) is 2.01. The second-order valence-corrected chi connectivity index (χ2v) is 2.69. The molecule has 0 aromatic heterocycles. The molecule has 0 amide bonds. The van der Waals surface area contributed by atoms with Crippen LogP contribution in [0.15, 0.2) is 12.3 Å². The molecule has 0 rings (SSSR count). The Morgan fingerprint density at radius 2 is 1.83 bits per heavy atom. The van der Waals surface area contributed by atoms with Gasteiger partial charge in [-0.2, -0.15) is 0 Å². The highest BCUT2D eigenvalue weighted by Crippen LogP contribution is 1.94. The molecule has 12 heavy (non-hydrogen) atoms. The van der Waals surface area contributed by atoms with Crippen LogP contribution in [-0.4, -0.2) is 29.1 Å². The Kier molecular flexibility index (Phi) is 6.15. The molecule has 0 radical (unpaired) electrons. The first kappa shape index (κ1) is 11.0. The number of carboxylic acids is 1. The van der Waals surface area contributed by atoms with Crippen molar-refractivity contribution in [3.05, 3.63) is 12.3 Å². The van der Waals surface area contributed by atoms with E-state index in [1.807, 2.05) is 4.90 Å². The lowest BCUT2D eigenvalue weighted by atomic mass is 10.3. The zero-order valence-corrected chi connectivity index (χ0v) is 7.79. The van der Waals surface area contributed by atoms with Gasteiger partial charge in [-0.25, -0.2) is 4.79 Å². The minimum absolute atomic E-state index is 0.882. The van der Waals surface area contributed by atoms with Crippen molar-refractivity contribution in [3.63, 3.8) is 0 Å². The minimum atomic E-state index is -0.882. The standard InChI is InChI=1S/C9H17NO2/c1-3-6-10(7-4-2)8-5-9(11)12/h5,8H,3-4,6-7H2,1-2H3,(H,11,12). The quantitative estimate of drug-likeness (QED) is 0.618. The smallest absolute Gasteiger partial charge is 0.329 e. The van der Waals surface area contributed by atoms with Crippen molar-refractivity contribution in [1.82, 2.24) is 4.90 Å². The first-order valence-corrected chi connectivity index (χ1v) is 4.35. The first-order chi connectivity index (χ1) is 5.70. The molecule has 1 N–H and O–H groups in total. The summed E-state index contributed by atoms with van der Waals surface area (Å²) in [7, 11) is 0. The molecule has 0 saturated heterocycles. The topological polar surface area (TPSA) is 40.5 Å². The summed E-state index contributed by atoms with van der Waals surface area (Å²) in [5, 5.41) is 8.39. The Labute approximate surface area is 73.7 Å². The van der Waals surface area contributed by atoms with E-state index in [2.05, 4.69) is 13.8 Å². The number of carbonyl (C=O) groups is 1. The van der Waals surface area contributed by atoms with E-state index in [1.165, 1.54) is 6.08 Å². The Bertz CT molecular complexity index is 149. The van der Waals surface area contributed by atoms with Crippen molar-refractivity contribution >= 4 is 5.97 Å². The number of hydrogen-bond donors (Lipinski definition) is 1. The van der Waals surface area contributed by atoms with E-state index >= 15 is 0 Å². The minimum Gasteiger partial charge on any atom is -0.478 e. The third kappa shape index (κ3) is 5.77. The summed E-state index contributed by atoms with van der Waals surface area (Å²) in [4.78, 5) is 12.2. The monoisotopic (exact) mass is 171 g/mol. The van der Waals surface area contributed by atoms with Crippen LogP contribution in [0.5, 0.6) is 0 Å². The highest BCUT2D eigenvalue weighted by atomic mass is 16.4. The molecule has 0 aromatic carbocycles. The van der Waals surface area contributed by atoms with E-state index < -0.39 is 5.97 Å². The number of nitrogens with zero attached hydrogens (tertiary/aromatic N) is 1. The molecule has 0 aromatic rings. The van der Waals surface area contributed by atoms with Gasteiger partial charge in [-0.05, 0) is 12.8 Å². The summed E-state index contributed by atoms with van der Waals surface area (Å²) in [5.41, 5.74) is 0. The van der Waals surface area contributed by atoms with Crippen LogP contribution >= 0.6 is 0 Å². The molecule has 0 aliphatic heterocycles. The number of carboxylic acid groups (broad SMARTS) is 1. The summed E-state index contributed by atoms with van der Waals surface area (Å²) >= 11 is 0. The Balaban J connectivity index is 3.84. The van der Waals surface area contributed by atoms with Crippen molar-refractivity contribution < 1.29 is 9.90 Å². The molecule has 0 aliphatic rings. The second kappa shape index (κ2) is 6.70. The van der Waals surface area contributed by atoms with E-state index in [0.717, 1.165) is 25.9 Å². The molecule has 0 saturated carbocycles. The Morgan fingerprint density at radius 3 is 2.17 bits per heavy atom. The van der Waals surface area contributed by atoms with Gasteiger partial charge in [0.2, 0.25) is 0 Å². The summed E-state index contributed by atoms with van der Waals surface area (Å²) in [5.74, 6) is -0.882. The highest BCUT2D eigenvalue weighted by molar-refractivity contribution is 5.79. The fraction of sp³-hybridized carbons (Fsp3) is 0.667. The van der Waals surface area contributed by atoms with Crippen LogP contribution in [0, 0.1) is 0 Å². The molecule has 0 bridgehead atoms. The third-order valence-corrected chi connectivity index (χ3v) is 1.45. The maximum atomic E-state index is 10.2. The van der Waals surface area contributed by atoms with Gasteiger partial charge in [-0.15, -0.1) is 0 Å². The third-order valence-electron chi connectivity index (χ3n) is 1.45. The number of aliphatic carboxylic acids is 1. The molecule has 0 aliphatic carbocycles. The number of rotatable bonds is 6. The summed E-state index contributed by atoms with van der Waals surface area (Å²) < 4.78 is 0. The van der Waals surface area contributed by atoms with E-state index in [4.69, 9.17) is 5.11 Å². The molecular weight excluding hydrogens is 154 g/mol. The first-order valence-electron chi connectivity index (χ1n) is 4.35. The van der Waals surface area contributed by atoms with E-state index in [1.54, 1.807) is 6.20 Å². The summed E-state index contributed by atoms with van der Waals surface area (Å²) in [6, 6.07) is 0. The van der Waals surface area contributed by atoms with Crippen molar-refractivity contribution in [2.75, 3.05) is 13.1 Å². The largest absolute Gasteiger partial charge is 0.478 e. The van der Waals surface area contributed by atoms with E-state index in [9.17, 15) is 4.79 Å². The highest BCUT2D eigenvalue weighted by Gasteiger charge is 1.95. The van der Waals surface area contributed by atoms with Crippen LogP contribution in [-0.2, 0) is 4.79 Å². The van der Waals surface area contributed by atoms with Crippen molar-refractivity contribution in [1.29, 1.82) is 0 Å². The molecule has 0 atom stereocenters. The predicted molar refractivity (Wildman–Crippen MR) is 48.9 cm³/mol. The van der Waals surface area contributed by atoms with Gasteiger partial charge in [0.05, 0.1) is 0 Å². The van der Waals surface area contributed by atoms with Gasteiger partial charge in [0, 0.05) is 25.4 Å². The van der Waals surface area contributed by atoms with Gasteiger partial charge in [0.25, 0.3) is 0 Å². The maximum Gasteiger partial charge on any atom is 0.329 e. The molecular formula is C9H17NO2. The number of hydrogen-bond acceptors (Lipinski definition) is 2. The van der Waals surface area contributed by atoms with Crippen LogP contribution in [0.1, 0.15) is 26.7 Å². The van der Waals surface area contributed by atoms with Gasteiger partial charge >= 0.3 is 5.97 Å². The lowest BCUT2D eigenvalue weighted by Crippen LogP contribution is -2.19. The van der Waals surface area contributed by atoms with Gasteiger partial charge < -0.3 is 10.0 Å². The van der Waals surface area contributed by atoms with Gasteiger partial charge in [0.1, 0.15) is 0 Å². The lowest BCUT2D eigenvalue weighted by molar-refractivity contribution is -0.131. The van der Waals surface area contributed by atoms with E-state index in [0.29, 0.717) is 0 Å². The van der Waals surface area contributed by atoms with Crippen LogP contribution in [0.2, 0.25) is 0 Å². The fourth-order valence-corrected chi connectivity index (χ4v) is 1.00. The van der Waals surface area contributed by atoms with Crippen LogP contribution in [0.4, 0.5) is 0 Å². The zero-order chi connectivity index (χ0) is 9.40. The van der Waals surface area contributed by atoms with Gasteiger partial charge in [0.15, 0.2) is 0 Å². The zero-order valence-electron chi connectivity index (χ0n) is 7.79. The van der Waals surface area contributed by atoms with E-state index in [-0.39, 0.29) is 0 Å². The molecule has 0 spiro atoms. The maximum absolute atomic E-state index is 10.2. The average molecular weight is 171 g/mol. The second-order valence-electron chi connectivity index (χ2n) is 2.69. The Morgan fingerprint density at radius 1 is 1.33 bits per heavy atom. The van der Waals surface area contributed by atoms with Crippen molar-refractivity contribution in [2.45, 2.75) is 26.7 Å². The van der Waals surface area contributed by atoms with Gasteiger partial charge in [-0.1, -0.05) is 13.8 Å². The molecule has 0 fully saturated rings. The predicted octanol–water partition coefficient (Wildman–Crippen LogP) is 1.71.